The number of carbonyl (C=O) groups excluding carboxylic acids is 3. The number of rotatable bonds is 6. The lowest BCUT2D eigenvalue weighted by Crippen LogP contribution is -2.49. The molecule has 5 heteroatoms. The summed E-state index contributed by atoms with van der Waals surface area (Å²) in [5.74, 6) is -0.442. The van der Waals surface area contributed by atoms with Gasteiger partial charge in [-0.15, -0.1) is 0 Å². The zero-order valence-electron chi connectivity index (χ0n) is 17.2. The molecule has 0 heterocycles. The summed E-state index contributed by atoms with van der Waals surface area (Å²) in [4.78, 5) is 35.5. The van der Waals surface area contributed by atoms with Gasteiger partial charge in [0.2, 0.25) is 0 Å². The van der Waals surface area contributed by atoms with Gasteiger partial charge in [-0.05, 0) is 54.1 Å². The molecule has 27 heavy (non-hydrogen) atoms. The van der Waals surface area contributed by atoms with Gasteiger partial charge in [-0.1, -0.05) is 33.3 Å². The van der Waals surface area contributed by atoms with Gasteiger partial charge < -0.3 is 9.47 Å². The number of ketones is 1. The first-order chi connectivity index (χ1) is 12.6. The number of hydrogen-bond donors (Lipinski definition) is 0. The summed E-state index contributed by atoms with van der Waals surface area (Å²) in [7, 11) is 1.31. The summed E-state index contributed by atoms with van der Waals surface area (Å²) < 4.78 is 9.77. The second-order valence-corrected chi connectivity index (χ2v) is 8.78. The molecular weight excluding hydrogens is 344 g/mol. The molecule has 0 amide bonds. The Kier molecular flexibility index (Phi) is 6.66. The van der Waals surface area contributed by atoms with Crippen LogP contribution in [0.5, 0.6) is 0 Å². The lowest BCUT2D eigenvalue weighted by molar-refractivity contribution is -0.140. The smallest absolute Gasteiger partial charge is 0.330 e. The Hall–Kier alpha value is -1.91. The summed E-state index contributed by atoms with van der Waals surface area (Å²) >= 11 is 0. The van der Waals surface area contributed by atoms with Gasteiger partial charge >= 0.3 is 11.9 Å². The third-order valence-electron chi connectivity index (χ3n) is 6.42. The van der Waals surface area contributed by atoms with Gasteiger partial charge in [0, 0.05) is 18.9 Å². The predicted octanol–water partition coefficient (Wildman–Crippen LogP) is 4.02. The van der Waals surface area contributed by atoms with E-state index in [1.165, 1.54) is 26.5 Å². The molecule has 0 saturated heterocycles. The van der Waals surface area contributed by atoms with Crippen molar-refractivity contribution in [1.82, 2.24) is 0 Å². The molecule has 0 radical (unpaired) electrons. The SMILES string of the molecule is COC(=O)/C=C(\CC[C@@H]1C(=O)C=C[C@@H]2C(C)(C)CCC[C@]12C)COC(C)=O. The summed E-state index contributed by atoms with van der Waals surface area (Å²) in [6, 6.07) is 0. The number of hydrogen-bond acceptors (Lipinski definition) is 5. The minimum absolute atomic E-state index is 0.0484. The maximum Gasteiger partial charge on any atom is 0.330 e. The normalized spacial score (nSPS) is 29.8. The first-order valence-corrected chi connectivity index (χ1v) is 9.73. The van der Waals surface area contributed by atoms with Crippen LogP contribution in [0.1, 0.15) is 59.8 Å². The molecule has 0 spiro atoms. The topological polar surface area (TPSA) is 69.7 Å². The maximum absolute atomic E-state index is 12.7. The van der Waals surface area contributed by atoms with Crippen LogP contribution in [0, 0.1) is 22.7 Å². The average molecular weight is 376 g/mol. The fourth-order valence-corrected chi connectivity index (χ4v) is 5.04. The van der Waals surface area contributed by atoms with E-state index in [2.05, 4.69) is 26.8 Å². The van der Waals surface area contributed by atoms with Crippen LogP contribution in [0.2, 0.25) is 0 Å². The third-order valence-corrected chi connectivity index (χ3v) is 6.42. The number of methoxy groups -OCH3 is 1. The summed E-state index contributed by atoms with van der Waals surface area (Å²) in [6.07, 6.45) is 9.71. The monoisotopic (exact) mass is 376 g/mol. The number of fused-ring (bicyclic) bond motifs is 1. The van der Waals surface area contributed by atoms with Crippen LogP contribution >= 0.6 is 0 Å². The van der Waals surface area contributed by atoms with Crippen LogP contribution in [0.3, 0.4) is 0 Å². The first-order valence-electron chi connectivity index (χ1n) is 9.73. The van der Waals surface area contributed by atoms with E-state index in [0.29, 0.717) is 24.3 Å². The molecule has 2 aliphatic carbocycles. The van der Waals surface area contributed by atoms with Gasteiger partial charge in [0.05, 0.1) is 7.11 Å². The minimum Gasteiger partial charge on any atom is -0.466 e. The molecule has 1 fully saturated rings. The van der Waals surface area contributed by atoms with Crippen molar-refractivity contribution in [2.45, 2.75) is 59.8 Å². The molecular formula is C22H32O5. The van der Waals surface area contributed by atoms with Crippen LogP contribution in [-0.2, 0) is 23.9 Å². The van der Waals surface area contributed by atoms with Crippen LogP contribution in [0.25, 0.3) is 0 Å². The Labute approximate surface area is 162 Å². The highest BCUT2D eigenvalue weighted by molar-refractivity contribution is 5.93. The van der Waals surface area contributed by atoms with Crippen molar-refractivity contribution in [3.05, 3.63) is 23.8 Å². The predicted molar refractivity (Wildman–Crippen MR) is 103 cm³/mol. The second kappa shape index (κ2) is 8.41. The van der Waals surface area contributed by atoms with Crippen molar-refractivity contribution in [3.63, 3.8) is 0 Å². The fraction of sp³-hybridized carbons (Fsp3) is 0.682. The van der Waals surface area contributed by atoms with E-state index in [9.17, 15) is 14.4 Å². The standard InChI is InChI=1S/C22H32O5/c1-15(23)27-14-16(13-20(25)26-5)7-8-17-18(24)9-10-19-21(2,3)11-6-12-22(17,19)4/h9-10,13,17,19H,6-8,11-12,14H2,1-5H3/b16-13+/t17-,19-,22-/m1/s1. The summed E-state index contributed by atoms with van der Waals surface area (Å²) in [6.45, 7) is 8.19. The molecule has 0 unspecified atom stereocenters. The molecule has 0 N–H and O–H groups in total. The van der Waals surface area contributed by atoms with E-state index >= 15 is 0 Å². The van der Waals surface area contributed by atoms with Crippen molar-refractivity contribution >= 4 is 17.7 Å². The zero-order valence-corrected chi connectivity index (χ0v) is 17.2. The molecule has 2 rings (SSSR count). The quantitative estimate of drug-likeness (QED) is 0.517. The van der Waals surface area contributed by atoms with Crippen LogP contribution < -0.4 is 0 Å². The van der Waals surface area contributed by atoms with Gasteiger partial charge in [-0.2, -0.15) is 0 Å². The zero-order chi connectivity index (χ0) is 20.2. The molecule has 0 aliphatic heterocycles. The number of esters is 2. The summed E-state index contributed by atoms with van der Waals surface area (Å²) in [5.41, 5.74) is 0.769. The number of carbonyl (C=O) groups is 3. The van der Waals surface area contributed by atoms with Crippen LogP contribution in [0.15, 0.2) is 23.8 Å². The highest BCUT2D eigenvalue weighted by atomic mass is 16.5. The molecule has 1 saturated carbocycles. The Morgan fingerprint density at radius 1 is 1.26 bits per heavy atom. The van der Waals surface area contributed by atoms with Crippen molar-refractivity contribution in [3.8, 4) is 0 Å². The highest BCUT2D eigenvalue weighted by Crippen LogP contribution is 2.58. The van der Waals surface area contributed by atoms with Gasteiger partial charge in [-0.3, -0.25) is 9.59 Å². The Balaban J connectivity index is 2.19. The Morgan fingerprint density at radius 3 is 2.59 bits per heavy atom. The summed E-state index contributed by atoms with van der Waals surface area (Å²) in [5, 5.41) is 0. The van der Waals surface area contributed by atoms with E-state index in [1.54, 1.807) is 6.08 Å². The molecule has 5 nitrogen and oxygen atoms in total. The average Bonchev–Trinajstić information content (AvgIpc) is 2.57. The molecule has 2 aliphatic rings. The molecule has 0 bridgehead atoms. The highest BCUT2D eigenvalue weighted by Gasteiger charge is 2.52. The van der Waals surface area contributed by atoms with Crippen molar-refractivity contribution in [1.29, 1.82) is 0 Å². The molecule has 150 valence electrons. The lowest BCUT2D eigenvalue weighted by atomic mass is 9.49. The number of allylic oxidation sites excluding steroid dienone is 2. The minimum atomic E-state index is -0.477. The maximum atomic E-state index is 12.7. The largest absolute Gasteiger partial charge is 0.466 e. The van der Waals surface area contributed by atoms with Crippen molar-refractivity contribution in [2.24, 2.45) is 22.7 Å². The van der Waals surface area contributed by atoms with Crippen molar-refractivity contribution in [2.75, 3.05) is 13.7 Å². The number of ether oxygens (including phenoxy) is 2. The second-order valence-electron chi connectivity index (χ2n) is 8.78. The Morgan fingerprint density at radius 2 is 1.96 bits per heavy atom. The van der Waals surface area contributed by atoms with Gasteiger partial charge in [0.15, 0.2) is 5.78 Å². The fourth-order valence-electron chi connectivity index (χ4n) is 5.04. The lowest BCUT2D eigenvalue weighted by Gasteiger charge is -2.54. The van der Waals surface area contributed by atoms with Gasteiger partial charge in [-0.25, -0.2) is 4.79 Å². The van der Waals surface area contributed by atoms with Crippen molar-refractivity contribution < 1.29 is 23.9 Å². The van der Waals surface area contributed by atoms with E-state index in [1.807, 2.05) is 0 Å². The van der Waals surface area contributed by atoms with Gasteiger partial charge in [0.25, 0.3) is 0 Å². The van der Waals surface area contributed by atoms with Gasteiger partial charge in [0.1, 0.15) is 6.61 Å². The van der Waals surface area contributed by atoms with E-state index in [0.717, 1.165) is 12.8 Å². The molecule has 0 aromatic rings. The first kappa shape index (κ1) is 21.4. The van der Waals surface area contributed by atoms with Crippen LogP contribution in [-0.4, -0.2) is 31.4 Å². The molecule has 0 aromatic carbocycles. The Bertz CT molecular complexity index is 658. The van der Waals surface area contributed by atoms with E-state index < -0.39 is 11.9 Å². The van der Waals surface area contributed by atoms with E-state index in [-0.39, 0.29) is 29.1 Å². The van der Waals surface area contributed by atoms with E-state index in [4.69, 9.17) is 9.47 Å². The third kappa shape index (κ3) is 4.88. The molecule has 3 atom stereocenters. The molecule has 0 aromatic heterocycles. The van der Waals surface area contributed by atoms with Crippen LogP contribution in [0.4, 0.5) is 0 Å².